The van der Waals surface area contributed by atoms with Crippen molar-refractivity contribution in [3.8, 4) is 0 Å². The van der Waals surface area contributed by atoms with Crippen molar-refractivity contribution in [3.05, 3.63) is 48.0 Å². The summed E-state index contributed by atoms with van der Waals surface area (Å²) in [6.45, 7) is 6.05. The minimum atomic E-state index is 0.625. The van der Waals surface area contributed by atoms with E-state index in [0.29, 0.717) is 5.92 Å². The maximum Gasteiger partial charge on any atom is 0.176 e. The first-order chi connectivity index (χ1) is 12.3. The Hall–Kier alpha value is -2.54. The first-order valence-corrected chi connectivity index (χ1v) is 8.82. The number of fused-ring (bicyclic) bond motifs is 1. The van der Waals surface area contributed by atoms with Crippen LogP contribution < -0.4 is 5.32 Å². The third-order valence-corrected chi connectivity index (χ3v) is 4.62. The smallest absolute Gasteiger partial charge is 0.176 e. The molecule has 0 saturated carbocycles. The monoisotopic (exact) mass is 337 g/mol. The van der Waals surface area contributed by atoms with Gasteiger partial charge in [0, 0.05) is 32.0 Å². The topological polar surface area (TPSA) is 71.2 Å². The Kier molecular flexibility index (Phi) is 4.56. The van der Waals surface area contributed by atoms with E-state index in [1.54, 1.807) is 4.63 Å². The number of rotatable bonds is 5. The molecule has 0 aromatic carbocycles. The van der Waals surface area contributed by atoms with E-state index < -0.39 is 0 Å². The summed E-state index contributed by atoms with van der Waals surface area (Å²) in [6, 6.07) is 8.07. The van der Waals surface area contributed by atoms with Crippen molar-refractivity contribution in [2.75, 3.05) is 25.0 Å². The molecule has 1 atom stereocenters. The molecule has 0 amide bonds. The lowest BCUT2D eigenvalue weighted by Crippen LogP contribution is -2.37. The Morgan fingerprint density at radius 1 is 1.24 bits per heavy atom. The molecule has 1 aliphatic heterocycles. The zero-order valence-electron chi connectivity index (χ0n) is 14.5. The number of likely N-dealkylation sites (tertiary alicyclic amines) is 1. The fraction of sp³-hybridized carbons (Fsp3) is 0.444. The van der Waals surface area contributed by atoms with Gasteiger partial charge in [0.05, 0.1) is 0 Å². The van der Waals surface area contributed by atoms with Crippen molar-refractivity contribution in [3.63, 3.8) is 0 Å². The van der Waals surface area contributed by atoms with E-state index in [0.717, 1.165) is 43.5 Å². The maximum atomic E-state index is 4.48. The van der Waals surface area contributed by atoms with Crippen LogP contribution in [0.4, 0.5) is 5.82 Å². The van der Waals surface area contributed by atoms with Gasteiger partial charge in [-0.2, -0.15) is 0 Å². The Bertz CT molecular complexity index is 830. The fourth-order valence-corrected chi connectivity index (χ4v) is 3.44. The molecular weight excluding hydrogens is 314 g/mol. The van der Waals surface area contributed by atoms with Crippen LogP contribution in [0.2, 0.25) is 0 Å². The predicted molar refractivity (Wildman–Crippen MR) is 96.2 cm³/mol. The number of pyridine rings is 1. The summed E-state index contributed by atoms with van der Waals surface area (Å²) in [5, 5.41) is 12.2. The normalized spacial score (nSPS) is 18.5. The van der Waals surface area contributed by atoms with Crippen LogP contribution in [0.1, 0.15) is 24.2 Å². The molecule has 7 heteroatoms. The first-order valence-electron chi connectivity index (χ1n) is 8.82. The molecule has 3 aromatic heterocycles. The summed E-state index contributed by atoms with van der Waals surface area (Å²) in [6.07, 6.45) is 6.27. The number of piperidine rings is 1. The molecule has 7 nitrogen and oxygen atoms in total. The van der Waals surface area contributed by atoms with Gasteiger partial charge >= 0.3 is 0 Å². The van der Waals surface area contributed by atoms with Crippen molar-refractivity contribution in [2.45, 2.75) is 26.3 Å². The molecule has 1 saturated heterocycles. The van der Waals surface area contributed by atoms with Crippen LogP contribution in [0.15, 0.2) is 36.7 Å². The van der Waals surface area contributed by atoms with Gasteiger partial charge in [-0.15, -0.1) is 14.8 Å². The van der Waals surface area contributed by atoms with E-state index in [1.807, 2.05) is 37.5 Å². The third kappa shape index (κ3) is 3.93. The molecular formula is C18H23N7. The standard InChI is InChI=1S/C18H23N7/c1-14-21-18-7-6-17(23-25(18)22-14)20-11-16-5-3-9-24(13-16)12-15-4-2-8-19-10-15/h2,4,6-8,10,16H,3,5,9,11-13H2,1H3,(H,20,23). The summed E-state index contributed by atoms with van der Waals surface area (Å²) in [5.41, 5.74) is 2.06. The zero-order valence-corrected chi connectivity index (χ0v) is 14.5. The van der Waals surface area contributed by atoms with Gasteiger partial charge in [-0.1, -0.05) is 6.07 Å². The van der Waals surface area contributed by atoms with E-state index in [2.05, 4.69) is 36.4 Å². The molecule has 1 unspecified atom stereocenters. The summed E-state index contributed by atoms with van der Waals surface area (Å²) in [4.78, 5) is 11.0. The molecule has 130 valence electrons. The molecule has 0 bridgehead atoms. The van der Waals surface area contributed by atoms with Crippen molar-refractivity contribution >= 4 is 11.5 Å². The minimum absolute atomic E-state index is 0.625. The molecule has 3 aromatic rings. The lowest BCUT2D eigenvalue weighted by molar-refractivity contribution is 0.173. The van der Waals surface area contributed by atoms with E-state index in [1.165, 1.54) is 18.4 Å². The number of nitrogens with one attached hydrogen (secondary N) is 1. The quantitative estimate of drug-likeness (QED) is 0.769. The Labute approximate surface area is 147 Å². The summed E-state index contributed by atoms with van der Waals surface area (Å²) in [5.74, 6) is 2.21. The Morgan fingerprint density at radius 2 is 2.20 bits per heavy atom. The summed E-state index contributed by atoms with van der Waals surface area (Å²) >= 11 is 0. The van der Waals surface area contributed by atoms with Crippen LogP contribution in [0.25, 0.3) is 5.65 Å². The van der Waals surface area contributed by atoms with Crippen LogP contribution in [0.3, 0.4) is 0 Å². The van der Waals surface area contributed by atoms with Gasteiger partial charge in [-0.05, 0) is 56.0 Å². The lowest BCUT2D eigenvalue weighted by atomic mass is 9.97. The van der Waals surface area contributed by atoms with Crippen LogP contribution in [0.5, 0.6) is 0 Å². The molecule has 0 spiro atoms. The molecule has 4 heterocycles. The molecule has 1 aliphatic rings. The fourth-order valence-electron chi connectivity index (χ4n) is 3.44. The zero-order chi connectivity index (χ0) is 17.1. The molecule has 0 radical (unpaired) electrons. The van der Waals surface area contributed by atoms with Crippen LogP contribution in [-0.4, -0.2) is 49.3 Å². The van der Waals surface area contributed by atoms with Gasteiger partial charge < -0.3 is 5.32 Å². The Balaban J connectivity index is 1.33. The number of nitrogens with zero attached hydrogens (tertiary/aromatic N) is 6. The van der Waals surface area contributed by atoms with Crippen LogP contribution in [-0.2, 0) is 6.54 Å². The first kappa shape index (κ1) is 16.0. The maximum absolute atomic E-state index is 4.48. The number of aryl methyl sites for hydroxylation is 1. The van der Waals surface area contributed by atoms with E-state index >= 15 is 0 Å². The highest BCUT2D eigenvalue weighted by molar-refractivity contribution is 5.43. The lowest BCUT2D eigenvalue weighted by Gasteiger charge is -2.32. The van der Waals surface area contributed by atoms with Gasteiger partial charge in [0.2, 0.25) is 0 Å². The SMILES string of the molecule is Cc1nc2ccc(NCC3CCCN(Cc4cccnc4)C3)nn2n1. The highest BCUT2D eigenvalue weighted by atomic mass is 15.5. The largest absolute Gasteiger partial charge is 0.368 e. The van der Waals surface area contributed by atoms with Gasteiger partial charge in [0.1, 0.15) is 11.6 Å². The third-order valence-electron chi connectivity index (χ3n) is 4.62. The summed E-state index contributed by atoms with van der Waals surface area (Å²) in [7, 11) is 0. The number of anilines is 1. The van der Waals surface area contributed by atoms with E-state index in [4.69, 9.17) is 0 Å². The Morgan fingerprint density at radius 3 is 3.08 bits per heavy atom. The van der Waals surface area contributed by atoms with Crippen LogP contribution >= 0.6 is 0 Å². The van der Waals surface area contributed by atoms with E-state index in [-0.39, 0.29) is 0 Å². The van der Waals surface area contributed by atoms with Gasteiger partial charge in [0.25, 0.3) is 0 Å². The number of aromatic nitrogens is 5. The van der Waals surface area contributed by atoms with E-state index in [9.17, 15) is 0 Å². The molecule has 1 N–H and O–H groups in total. The van der Waals surface area contributed by atoms with Crippen LogP contribution in [0, 0.1) is 12.8 Å². The van der Waals surface area contributed by atoms with Crippen molar-refractivity contribution in [1.82, 2.24) is 29.7 Å². The second-order valence-electron chi connectivity index (χ2n) is 6.71. The highest BCUT2D eigenvalue weighted by Crippen LogP contribution is 2.19. The van der Waals surface area contributed by atoms with Gasteiger partial charge in [0.15, 0.2) is 5.65 Å². The second kappa shape index (κ2) is 7.14. The average Bonchev–Trinajstić information content (AvgIpc) is 3.00. The number of hydrogen-bond acceptors (Lipinski definition) is 6. The molecule has 0 aliphatic carbocycles. The highest BCUT2D eigenvalue weighted by Gasteiger charge is 2.20. The summed E-state index contributed by atoms with van der Waals surface area (Å²) < 4.78 is 1.59. The molecule has 1 fully saturated rings. The van der Waals surface area contributed by atoms with Crippen molar-refractivity contribution in [1.29, 1.82) is 0 Å². The minimum Gasteiger partial charge on any atom is -0.368 e. The predicted octanol–water partition coefficient (Wildman–Crippen LogP) is 2.15. The van der Waals surface area contributed by atoms with Gasteiger partial charge in [-0.3, -0.25) is 9.88 Å². The van der Waals surface area contributed by atoms with Gasteiger partial charge in [-0.25, -0.2) is 4.98 Å². The average molecular weight is 337 g/mol. The molecule has 25 heavy (non-hydrogen) atoms. The molecule has 4 rings (SSSR count). The second-order valence-corrected chi connectivity index (χ2v) is 6.71. The van der Waals surface area contributed by atoms with Crippen molar-refractivity contribution < 1.29 is 0 Å². The number of hydrogen-bond donors (Lipinski definition) is 1. The van der Waals surface area contributed by atoms with Crippen molar-refractivity contribution in [2.24, 2.45) is 5.92 Å².